The van der Waals surface area contributed by atoms with E-state index in [-0.39, 0.29) is 5.56 Å². The Labute approximate surface area is 77.0 Å². The number of nitrogens with one attached hydrogen (secondary N) is 3. The maximum absolute atomic E-state index is 11.1. The Morgan fingerprint density at radius 2 is 2.23 bits per heavy atom. The molecule has 5 nitrogen and oxygen atoms in total. The van der Waals surface area contributed by atoms with Gasteiger partial charge in [-0.25, -0.2) is 0 Å². The van der Waals surface area contributed by atoms with E-state index in [0.717, 1.165) is 0 Å². The Bertz CT molecular complexity index is 612. The van der Waals surface area contributed by atoms with E-state index in [9.17, 15) is 4.79 Å². The van der Waals surface area contributed by atoms with Crippen LogP contribution >= 0.6 is 12.2 Å². The average molecular weight is 192 g/mol. The number of aromatic nitrogens is 3. The number of H-pyrrole nitrogens is 3. The first kappa shape index (κ1) is 7.76. The standard InChI is InChI=1S/C7H4N4OS/c8-2-3-1-4-5(9-7(3)13)10-11-6(4)12/h1H,(H3,9,10,11,12,13). The van der Waals surface area contributed by atoms with Gasteiger partial charge in [0.05, 0.1) is 10.9 Å². The van der Waals surface area contributed by atoms with Crippen molar-refractivity contribution in [2.75, 3.05) is 0 Å². The Morgan fingerprint density at radius 3 is 2.92 bits per heavy atom. The molecule has 2 rings (SSSR count). The van der Waals surface area contributed by atoms with Crippen molar-refractivity contribution in [3.63, 3.8) is 0 Å². The fourth-order valence-electron chi connectivity index (χ4n) is 1.08. The van der Waals surface area contributed by atoms with Crippen molar-refractivity contribution >= 4 is 23.3 Å². The Hall–Kier alpha value is -1.87. The van der Waals surface area contributed by atoms with E-state index in [1.165, 1.54) is 6.07 Å². The average Bonchev–Trinajstić information content (AvgIpc) is 2.46. The van der Waals surface area contributed by atoms with Gasteiger partial charge < -0.3 is 4.98 Å². The summed E-state index contributed by atoms with van der Waals surface area (Å²) in [6.07, 6.45) is 0. The van der Waals surface area contributed by atoms with E-state index in [4.69, 9.17) is 17.5 Å². The molecule has 0 spiro atoms. The summed E-state index contributed by atoms with van der Waals surface area (Å²) in [5, 5.41) is 14.1. The van der Waals surface area contributed by atoms with Crippen LogP contribution < -0.4 is 5.56 Å². The number of hydrogen-bond acceptors (Lipinski definition) is 3. The second-order valence-corrected chi connectivity index (χ2v) is 2.90. The minimum Gasteiger partial charge on any atom is -0.330 e. The Morgan fingerprint density at radius 1 is 1.46 bits per heavy atom. The van der Waals surface area contributed by atoms with Gasteiger partial charge in [-0.15, -0.1) is 0 Å². The highest BCUT2D eigenvalue weighted by Crippen LogP contribution is 2.06. The highest BCUT2D eigenvalue weighted by atomic mass is 32.1. The van der Waals surface area contributed by atoms with E-state index < -0.39 is 0 Å². The van der Waals surface area contributed by atoms with Crippen LogP contribution in [0.25, 0.3) is 11.0 Å². The first-order chi connectivity index (χ1) is 6.22. The lowest BCUT2D eigenvalue weighted by Gasteiger charge is -1.89. The molecule has 0 aliphatic carbocycles. The van der Waals surface area contributed by atoms with Crippen molar-refractivity contribution in [3.8, 4) is 6.07 Å². The van der Waals surface area contributed by atoms with Crippen molar-refractivity contribution < 1.29 is 0 Å². The summed E-state index contributed by atoms with van der Waals surface area (Å²) in [6, 6.07) is 3.36. The van der Waals surface area contributed by atoms with Gasteiger partial charge in [-0.1, -0.05) is 12.2 Å². The number of rotatable bonds is 0. The minimum absolute atomic E-state index is 0.266. The van der Waals surface area contributed by atoms with Crippen molar-refractivity contribution in [2.24, 2.45) is 0 Å². The van der Waals surface area contributed by atoms with E-state index in [2.05, 4.69) is 15.2 Å². The summed E-state index contributed by atoms with van der Waals surface area (Å²) in [5.41, 5.74) is 0.541. The van der Waals surface area contributed by atoms with Crippen LogP contribution in [-0.2, 0) is 0 Å². The van der Waals surface area contributed by atoms with Crippen LogP contribution in [0.4, 0.5) is 0 Å². The topological polar surface area (TPSA) is 88.2 Å². The third-order valence-corrected chi connectivity index (χ3v) is 2.03. The van der Waals surface area contributed by atoms with Gasteiger partial charge in [0, 0.05) is 0 Å². The van der Waals surface area contributed by atoms with Gasteiger partial charge in [0.1, 0.15) is 16.4 Å². The predicted octanol–water partition coefficient (Wildman–Crippen LogP) is 0.785. The van der Waals surface area contributed by atoms with E-state index in [1.807, 2.05) is 6.07 Å². The van der Waals surface area contributed by atoms with Gasteiger partial charge in [0.25, 0.3) is 5.56 Å². The zero-order valence-corrected chi connectivity index (χ0v) is 7.16. The molecular formula is C7H4N4OS. The molecule has 3 N–H and O–H groups in total. The summed E-state index contributed by atoms with van der Waals surface area (Å²) in [6.45, 7) is 0. The van der Waals surface area contributed by atoms with Crippen LogP contribution in [0.15, 0.2) is 10.9 Å². The minimum atomic E-state index is -0.266. The van der Waals surface area contributed by atoms with Crippen LogP contribution in [-0.4, -0.2) is 15.2 Å². The molecular weight excluding hydrogens is 188 g/mol. The van der Waals surface area contributed by atoms with Gasteiger partial charge >= 0.3 is 0 Å². The maximum Gasteiger partial charge on any atom is 0.273 e. The van der Waals surface area contributed by atoms with Crippen molar-refractivity contribution in [1.82, 2.24) is 15.2 Å². The molecule has 0 aliphatic rings. The molecule has 13 heavy (non-hydrogen) atoms. The molecule has 0 fully saturated rings. The molecule has 2 aromatic rings. The zero-order valence-electron chi connectivity index (χ0n) is 6.34. The molecule has 2 heterocycles. The number of fused-ring (bicyclic) bond motifs is 1. The highest BCUT2D eigenvalue weighted by Gasteiger charge is 2.03. The lowest BCUT2D eigenvalue weighted by atomic mass is 10.2. The Kier molecular flexibility index (Phi) is 1.53. The largest absolute Gasteiger partial charge is 0.330 e. The summed E-state index contributed by atoms with van der Waals surface area (Å²) >= 11 is 4.87. The van der Waals surface area contributed by atoms with Gasteiger partial charge in [0.2, 0.25) is 0 Å². The molecule has 2 aromatic heterocycles. The monoisotopic (exact) mass is 192 g/mol. The second-order valence-electron chi connectivity index (χ2n) is 2.49. The normalized spacial score (nSPS) is 10.1. The van der Waals surface area contributed by atoms with Gasteiger partial charge in [-0.2, -0.15) is 5.26 Å². The summed E-state index contributed by atoms with van der Waals surface area (Å²) in [4.78, 5) is 13.8. The molecule has 0 aromatic carbocycles. The molecule has 64 valence electrons. The first-order valence-corrected chi connectivity index (χ1v) is 3.87. The van der Waals surface area contributed by atoms with Crippen LogP contribution in [0, 0.1) is 16.0 Å². The molecule has 0 aliphatic heterocycles. The fourth-order valence-corrected chi connectivity index (χ4v) is 1.28. The third kappa shape index (κ3) is 1.06. The maximum atomic E-state index is 11.1. The molecule has 0 saturated carbocycles. The molecule has 0 saturated heterocycles. The van der Waals surface area contributed by atoms with Gasteiger partial charge in [0.15, 0.2) is 0 Å². The summed E-state index contributed by atoms with van der Waals surface area (Å²) < 4.78 is 0.324. The van der Waals surface area contributed by atoms with E-state index in [1.54, 1.807) is 0 Å². The Balaban J connectivity index is 3.03. The summed E-state index contributed by atoms with van der Waals surface area (Å²) in [7, 11) is 0. The van der Waals surface area contributed by atoms with Crippen LogP contribution in [0.3, 0.4) is 0 Å². The predicted molar refractivity (Wildman–Crippen MR) is 48.8 cm³/mol. The SMILES string of the molecule is N#Cc1cc2c(=O)[nH][nH]c2[nH]c1=S. The van der Waals surface area contributed by atoms with Gasteiger partial charge in [-0.05, 0) is 6.07 Å². The molecule has 0 atom stereocenters. The second kappa shape index (κ2) is 2.57. The molecule has 0 radical (unpaired) electrons. The number of hydrogen-bond donors (Lipinski definition) is 3. The van der Waals surface area contributed by atoms with Crippen LogP contribution in [0.5, 0.6) is 0 Å². The van der Waals surface area contributed by atoms with Gasteiger partial charge in [-0.3, -0.25) is 15.0 Å². The zero-order chi connectivity index (χ0) is 9.42. The van der Waals surface area contributed by atoms with Crippen molar-refractivity contribution in [3.05, 3.63) is 26.6 Å². The highest BCUT2D eigenvalue weighted by molar-refractivity contribution is 7.71. The smallest absolute Gasteiger partial charge is 0.273 e. The number of nitrogens with zero attached hydrogens (tertiary/aromatic N) is 1. The number of pyridine rings is 1. The molecule has 0 amide bonds. The summed E-state index contributed by atoms with van der Waals surface area (Å²) in [5.74, 6) is 0. The molecule has 0 bridgehead atoms. The molecule has 0 unspecified atom stereocenters. The van der Waals surface area contributed by atoms with E-state index >= 15 is 0 Å². The number of aromatic amines is 3. The van der Waals surface area contributed by atoms with Crippen molar-refractivity contribution in [2.45, 2.75) is 0 Å². The fraction of sp³-hybridized carbons (Fsp3) is 0. The lowest BCUT2D eigenvalue weighted by Crippen LogP contribution is -1.97. The molecule has 6 heteroatoms. The van der Waals surface area contributed by atoms with Crippen LogP contribution in [0.1, 0.15) is 5.56 Å². The lowest BCUT2D eigenvalue weighted by molar-refractivity contribution is 1.06. The first-order valence-electron chi connectivity index (χ1n) is 3.46. The third-order valence-electron chi connectivity index (χ3n) is 1.71. The van der Waals surface area contributed by atoms with E-state index in [0.29, 0.717) is 21.2 Å². The quantitative estimate of drug-likeness (QED) is 0.539. The van der Waals surface area contributed by atoms with Crippen molar-refractivity contribution in [1.29, 1.82) is 5.26 Å². The number of nitriles is 1. The van der Waals surface area contributed by atoms with Crippen LogP contribution in [0.2, 0.25) is 0 Å².